The van der Waals surface area contributed by atoms with Crippen LogP contribution in [0.4, 0.5) is 4.79 Å². The Balaban J connectivity index is 1.59. The number of fused-ring (bicyclic) bond motifs is 2. The highest BCUT2D eigenvalue weighted by atomic mass is 16.2. The standard InChI is InChI=1S/C21H23N3O2/c1-14-10-16-4-2-3-5-18(16)13-24(14)20(25)17-7-6-15-8-9-23(21(22)26)12-19(15)11-17/h2-7,11,14H,8-10,12-13H2,1H3,(H2,22,26)/t14-/m1/s1. The molecule has 4 rings (SSSR count). The van der Waals surface area contributed by atoms with E-state index in [1.807, 2.05) is 29.2 Å². The Hall–Kier alpha value is -2.82. The maximum atomic E-state index is 13.1. The van der Waals surface area contributed by atoms with E-state index in [1.54, 1.807) is 4.90 Å². The van der Waals surface area contributed by atoms with Crippen molar-refractivity contribution in [3.63, 3.8) is 0 Å². The lowest BCUT2D eigenvalue weighted by molar-refractivity contribution is 0.0658. The van der Waals surface area contributed by atoms with Gasteiger partial charge in [-0.05, 0) is 54.2 Å². The molecule has 0 saturated carbocycles. The number of primary amides is 1. The van der Waals surface area contributed by atoms with Gasteiger partial charge in [0.15, 0.2) is 0 Å². The van der Waals surface area contributed by atoms with Gasteiger partial charge in [-0.3, -0.25) is 4.79 Å². The van der Waals surface area contributed by atoms with Gasteiger partial charge in [-0.2, -0.15) is 0 Å². The first kappa shape index (κ1) is 16.6. The van der Waals surface area contributed by atoms with Crippen molar-refractivity contribution in [3.05, 3.63) is 70.3 Å². The molecule has 0 unspecified atom stereocenters. The van der Waals surface area contributed by atoms with Crippen LogP contribution >= 0.6 is 0 Å². The van der Waals surface area contributed by atoms with Crippen LogP contribution in [0, 0.1) is 0 Å². The Morgan fingerprint density at radius 1 is 1.00 bits per heavy atom. The molecule has 0 spiro atoms. The summed E-state index contributed by atoms with van der Waals surface area (Å²) in [5, 5.41) is 0. The number of amides is 3. The molecule has 0 radical (unpaired) electrons. The van der Waals surface area contributed by atoms with E-state index < -0.39 is 6.03 Å². The lowest BCUT2D eigenvalue weighted by Crippen LogP contribution is -2.43. The summed E-state index contributed by atoms with van der Waals surface area (Å²) in [6.07, 6.45) is 1.66. The predicted molar refractivity (Wildman–Crippen MR) is 99.6 cm³/mol. The van der Waals surface area contributed by atoms with Crippen LogP contribution in [0.1, 0.15) is 39.5 Å². The van der Waals surface area contributed by atoms with Gasteiger partial charge in [-0.1, -0.05) is 30.3 Å². The van der Waals surface area contributed by atoms with Crippen LogP contribution in [0.15, 0.2) is 42.5 Å². The first-order valence-corrected chi connectivity index (χ1v) is 9.07. The van der Waals surface area contributed by atoms with Gasteiger partial charge in [0.1, 0.15) is 0 Å². The van der Waals surface area contributed by atoms with Crippen molar-refractivity contribution in [1.29, 1.82) is 0 Å². The second-order valence-electron chi connectivity index (χ2n) is 7.25. The molecular formula is C21H23N3O2. The minimum Gasteiger partial charge on any atom is -0.351 e. The molecule has 2 aliphatic rings. The molecule has 0 fully saturated rings. The highest BCUT2D eigenvalue weighted by Gasteiger charge is 2.28. The fourth-order valence-corrected chi connectivity index (χ4v) is 3.99. The van der Waals surface area contributed by atoms with E-state index in [0.717, 1.165) is 18.4 Å². The second-order valence-corrected chi connectivity index (χ2v) is 7.25. The second kappa shape index (κ2) is 6.48. The minimum absolute atomic E-state index is 0.0472. The number of carbonyl (C=O) groups excluding carboxylic acids is 2. The fourth-order valence-electron chi connectivity index (χ4n) is 3.99. The van der Waals surface area contributed by atoms with E-state index >= 15 is 0 Å². The molecule has 26 heavy (non-hydrogen) atoms. The Kier molecular flexibility index (Phi) is 4.15. The Morgan fingerprint density at radius 3 is 2.54 bits per heavy atom. The number of nitrogens with two attached hydrogens (primary N) is 1. The lowest BCUT2D eigenvalue weighted by atomic mass is 9.93. The van der Waals surface area contributed by atoms with Gasteiger partial charge in [0, 0.05) is 31.2 Å². The molecule has 2 N–H and O–H groups in total. The molecule has 5 heteroatoms. The Morgan fingerprint density at radius 2 is 1.77 bits per heavy atom. The normalized spacial score (nSPS) is 18.9. The van der Waals surface area contributed by atoms with Crippen molar-refractivity contribution < 1.29 is 9.59 Å². The number of urea groups is 1. The van der Waals surface area contributed by atoms with Crippen LogP contribution in [0.5, 0.6) is 0 Å². The molecule has 0 aromatic heterocycles. The first-order valence-electron chi connectivity index (χ1n) is 9.07. The number of hydrogen-bond acceptors (Lipinski definition) is 2. The molecule has 1 atom stereocenters. The Bertz CT molecular complexity index is 877. The van der Waals surface area contributed by atoms with Crippen molar-refractivity contribution in [3.8, 4) is 0 Å². The van der Waals surface area contributed by atoms with Gasteiger partial charge in [0.05, 0.1) is 0 Å². The lowest BCUT2D eigenvalue weighted by Gasteiger charge is -2.35. The van der Waals surface area contributed by atoms with E-state index in [9.17, 15) is 9.59 Å². The average Bonchev–Trinajstić information content (AvgIpc) is 2.66. The summed E-state index contributed by atoms with van der Waals surface area (Å²) in [4.78, 5) is 28.2. The third-order valence-electron chi connectivity index (χ3n) is 5.54. The zero-order valence-corrected chi connectivity index (χ0v) is 14.9. The molecule has 0 bridgehead atoms. The SMILES string of the molecule is C[C@@H]1Cc2ccccc2CN1C(=O)c1ccc2c(c1)CN(C(N)=O)CC2. The van der Waals surface area contributed by atoms with Gasteiger partial charge < -0.3 is 15.5 Å². The molecular weight excluding hydrogens is 326 g/mol. The van der Waals surface area contributed by atoms with Crippen LogP contribution < -0.4 is 5.73 Å². The summed E-state index contributed by atoms with van der Waals surface area (Å²) in [5.41, 5.74) is 10.9. The number of rotatable bonds is 1. The van der Waals surface area contributed by atoms with Crippen LogP contribution in [0.3, 0.4) is 0 Å². The highest BCUT2D eigenvalue weighted by molar-refractivity contribution is 5.95. The van der Waals surface area contributed by atoms with E-state index in [2.05, 4.69) is 25.1 Å². The Labute approximate surface area is 153 Å². The van der Waals surface area contributed by atoms with Gasteiger partial charge in [0.2, 0.25) is 0 Å². The van der Waals surface area contributed by atoms with Crippen molar-refractivity contribution >= 4 is 11.9 Å². The fraction of sp³-hybridized carbons (Fsp3) is 0.333. The first-order chi connectivity index (χ1) is 12.5. The summed E-state index contributed by atoms with van der Waals surface area (Å²) in [6, 6.07) is 13.9. The van der Waals surface area contributed by atoms with Gasteiger partial charge in [0.25, 0.3) is 5.91 Å². The summed E-state index contributed by atoms with van der Waals surface area (Å²) in [6.45, 7) is 3.85. The monoisotopic (exact) mass is 349 g/mol. The summed E-state index contributed by atoms with van der Waals surface area (Å²) in [5.74, 6) is 0.0472. The van der Waals surface area contributed by atoms with Gasteiger partial charge in [-0.15, -0.1) is 0 Å². The third kappa shape index (κ3) is 2.94. The van der Waals surface area contributed by atoms with Crippen LogP contribution in [0.2, 0.25) is 0 Å². The van der Waals surface area contributed by atoms with Crippen molar-refractivity contribution in [2.24, 2.45) is 5.73 Å². The van der Waals surface area contributed by atoms with Crippen LogP contribution in [-0.2, 0) is 25.9 Å². The van der Waals surface area contributed by atoms with Crippen LogP contribution in [0.25, 0.3) is 0 Å². The van der Waals surface area contributed by atoms with Crippen molar-refractivity contribution in [2.75, 3.05) is 6.54 Å². The number of nitrogens with zero attached hydrogens (tertiary/aromatic N) is 2. The maximum Gasteiger partial charge on any atom is 0.315 e. The molecule has 3 amide bonds. The third-order valence-corrected chi connectivity index (χ3v) is 5.54. The van der Waals surface area contributed by atoms with Crippen molar-refractivity contribution in [1.82, 2.24) is 9.80 Å². The molecule has 0 saturated heterocycles. The molecule has 2 heterocycles. The van der Waals surface area contributed by atoms with E-state index in [4.69, 9.17) is 5.73 Å². The summed E-state index contributed by atoms with van der Waals surface area (Å²) < 4.78 is 0. The molecule has 134 valence electrons. The van der Waals surface area contributed by atoms with Crippen LogP contribution in [-0.4, -0.2) is 34.3 Å². The van der Waals surface area contributed by atoms with E-state index in [0.29, 0.717) is 25.2 Å². The quantitative estimate of drug-likeness (QED) is 0.860. The molecule has 5 nitrogen and oxygen atoms in total. The number of hydrogen-bond donors (Lipinski definition) is 1. The molecule has 2 aliphatic heterocycles. The summed E-state index contributed by atoms with van der Waals surface area (Å²) in [7, 11) is 0. The largest absolute Gasteiger partial charge is 0.351 e. The topological polar surface area (TPSA) is 66.6 Å². The molecule has 2 aromatic rings. The van der Waals surface area contributed by atoms with Crippen molar-refractivity contribution in [2.45, 2.75) is 38.9 Å². The molecule has 0 aliphatic carbocycles. The van der Waals surface area contributed by atoms with E-state index in [1.165, 1.54) is 16.7 Å². The maximum absolute atomic E-state index is 13.1. The molecule has 2 aromatic carbocycles. The highest BCUT2D eigenvalue weighted by Crippen LogP contribution is 2.26. The zero-order chi connectivity index (χ0) is 18.3. The predicted octanol–water partition coefficient (Wildman–Crippen LogP) is 2.71. The average molecular weight is 349 g/mol. The van der Waals surface area contributed by atoms with Gasteiger partial charge >= 0.3 is 6.03 Å². The number of benzene rings is 2. The minimum atomic E-state index is -0.409. The van der Waals surface area contributed by atoms with E-state index in [-0.39, 0.29) is 11.9 Å². The number of carbonyl (C=O) groups is 2. The van der Waals surface area contributed by atoms with Gasteiger partial charge in [-0.25, -0.2) is 4.79 Å². The zero-order valence-electron chi connectivity index (χ0n) is 14.9. The smallest absolute Gasteiger partial charge is 0.315 e. The summed E-state index contributed by atoms with van der Waals surface area (Å²) >= 11 is 0.